The predicted octanol–water partition coefficient (Wildman–Crippen LogP) is 2.55. The van der Waals surface area contributed by atoms with Crippen molar-refractivity contribution in [2.75, 3.05) is 0 Å². The van der Waals surface area contributed by atoms with Crippen molar-refractivity contribution in [1.29, 1.82) is 0 Å². The van der Waals surface area contributed by atoms with Gasteiger partial charge in [0.15, 0.2) is 6.10 Å². The average molecular weight is 314 g/mol. The lowest BCUT2D eigenvalue weighted by Crippen LogP contribution is -2.24. The normalized spacial score (nSPS) is 16.3. The molecule has 4 nitrogen and oxygen atoms in total. The molecule has 0 saturated heterocycles. The summed E-state index contributed by atoms with van der Waals surface area (Å²) in [6, 6.07) is 6.33. The van der Waals surface area contributed by atoms with Crippen molar-refractivity contribution in [2.45, 2.75) is 38.5 Å². The Kier molecular flexibility index (Phi) is 4.24. The first-order chi connectivity index (χ1) is 8.58. The van der Waals surface area contributed by atoms with Gasteiger partial charge in [-0.1, -0.05) is 12.1 Å². The van der Waals surface area contributed by atoms with Crippen molar-refractivity contribution >= 4 is 21.9 Å². The fourth-order valence-corrected chi connectivity index (χ4v) is 2.09. The third kappa shape index (κ3) is 3.46. The van der Waals surface area contributed by atoms with E-state index in [0.717, 1.165) is 10.0 Å². The van der Waals surface area contributed by atoms with Crippen LogP contribution in [-0.2, 0) is 11.3 Å². The molecule has 0 radical (unpaired) electrons. The summed E-state index contributed by atoms with van der Waals surface area (Å²) in [4.78, 5) is 10.8. The van der Waals surface area contributed by atoms with E-state index in [1.807, 2.05) is 18.2 Å². The summed E-state index contributed by atoms with van der Waals surface area (Å²) in [5.74, 6) is -0.354. The molecular formula is C13H16BrNO3. The smallest absolute Gasteiger partial charge is 0.344 e. The number of carbonyl (C=O) groups is 1. The van der Waals surface area contributed by atoms with Gasteiger partial charge in [0.1, 0.15) is 5.75 Å². The summed E-state index contributed by atoms with van der Waals surface area (Å²) >= 11 is 3.40. The number of benzene rings is 1. The summed E-state index contributed by atoms with van der Waals surface area (Å²) in [6.45, 7) is 2.23. The number of hydrogen-bond acceptors (Lipinski definition) is 3. The van der Waals surface area contributed by atoms with E-state index in [4.69, 9.17) is 9.84 Å². The van der Waals surface area contributed by atoms with E-state index in [1.165, 1.54) is 19.8 Å². The molecule has 0 aromatic heterocycles. The molecule has 0 bridgehead atoms. The third-order valence-electron chi connectivity index (χ3n) is 2.85. The van der Waals surface area contributed by atoms with Crippen molar-refractivity contribution in [3.05, 3.63) is 28.2 Å². The van der Waals surface area contributed by atoms with Gasteiger partial charge in [0, 0.05) is 18.2 Å². The molecule has 0 aliphatic heterocycles. The van der Waals surface area contributed by atoms with Crippen LogP contribution in [0.3, 0.4) is 0 Å². The van der Waals surface area contributed by atoms with E-state index in [0.29, 0.717) is 18.3 Å². The van der Waals surface area contributed by atoms with Crippen LogP contribution in [-0.4, -0.2) is 23.2 Å². The van der Waals surface area contributed by atoms with Gasteiger partial charge in [-0.05, 0) is 41.8 Å². The van der Waals surface area contributed by atoms with Crippen LogP contribution in [0.5, 0.6) is 5.75 Å². The fraction of sp³-hybridized carbons (Fsp3) is 0.462. The zero-order valence-corrected chi connectivity index (χ0v) is 11.7. The standard InChI is InChI=1S/C13H16BrNO3/c1-8(13(16)17)18-12-9(3-2-4-11(12)14)7-15-10-5-6-10/h2-4,8,10,15H,5-7H2,1H3,(H,16,17). The highest BCUT2D eigenvalue weighted by Crippen LogP contribution is 2.31. The Labute approximate surface area is 114 Å². The van der Waals surface area contributed by atoms with Gasteiger partial charge in [0.05, 0.1) is 4.47 Å². The van der Waals surface area contributed by atoms with Crippen LogP contribution < -0.4 is 10.1 Å². The Hall–Kier alpha value is -1.07. The molecule has 98 valence electrons. The molecule has 0 spiro atoms. The second-order valence-corrected chi connectivity index (χ2v) is 5.34. The molecule has 0 heterocycles. The van der Waals surface area contributed by atoms with Gasteiger partial charge < -0.3 is 15.2 Å². The number of rotatable bonds is 6. The maximum absolute atomic E-state index is 10.8. The minimum absolute atomic E-state index is 0.605. The van der Waals surface area contributed by atoms with E-state index >= 15 is 0 Å². The minimum Gasteiger partial charge on any atom is -0.479 e. The van der Waals surface area contributed by atoms with Gasteiger partial charge in [-0.2, -0.15) is 0 Å². The van der Waals surface area contributed by atoms with Crippen molar-refractivity contribution < 1.29 is 14.6 Å². The highest BCUT2D eigenvalue weighted by Gasteiger charge is 2.22. The van der Waals surface area contributed by atoms with Crippen molar-refractivity contribution in [2.24, 2.45) is 0 Å². The van der Waals surface area contributed by atoms with Gasteiger partial charge in [-0.3, -0.25) is 0 Å². The number of carboxylic acids is 1. The zero-order valence-electron chi connectivity index (χ0n) is 10.1. The summed E-state index contributed by atoms with van der Waals surface area (Å²) in [7, 11) is 0. The molecule has 1 aliphatic carbocycles. The SMILES string of the molecule is CC(Oc1c(Br)cccc1CNC1CC1)C(=O)O. The number of nitrogens with one attached hydrogen (secondary N) is 1. The summed E-state index contributed by atoms with van der Waals surface area (Å²) in [6.07, 6.45) is 1.58. The lowest BCUT2D eigenvalue weighted by molar-refractivity contribution is -0.144. The molecule has 1 aliphatic rings. The molecule has 0 amide bonds. The second kappa shape index (κ2) is 5.71. The Bertz CT molecular complexity index is 446. The van der Waals surface area contributed by atoms with E-state index < -0.39 is 12.1 Å². The molecule has 1 atom stereocenters. The molecule has 1 aromatic rings. The zero-order chi connectivity index (χ0) is 13.1. The average Bonchev–Trinajstić information content (AvgIpc) is 3.13. The Morgan fingerprint density at radius 3 is 2.94 bits per heavy atom. The Morgan fingerprint density at radius 2 is 2.33 bits per heavy atom. The molecule has 1 fully saturated rings. The number of carboxylic acid groups (broad SMARTS) is 1. The van der Waals surface area contributed by atoms with E-state index in [1.54, 1.807) is 0 Å². The van der Waals surface area contributed by atoms with Crippen LogP contribution in [0, 0.1) is 0 Å². The quantitative estimate of drug-likeness (QED) is 0.847. The lowest BCUT2D eigenvalue weighted by Gasteiger charge is -2.16. The second-order valence-electron chi connectivity index (χ2n) is 4.48. The lowest BCUT2D eigenvalue weighted by atomic mass is 10.2. The maximum Gasteiger partial charge on any atom is 0.344 e. The largest absolute Gasteiger partial charge is 0.479 e. The number of halogens is 1. The third-order valence-corrected chi connectivity index (χ3v) is 3.47. The van der Waals surface area contributed by atoms with Crippen molar-refractivity contribution in [3.63, 3.8) is 0 Å². The van der Waals surface area contributed by atoms with Gasteiger partial charge in [-0.25, -0.2) is 4.79 Å². The van der Waals surface area contributed by atoms with Crippen molar-refractivity contribution in [1.82, 2.24) is 5.32 Å². The number of hydrogen-bond donors (Lipinski definition) is 2. The fourth-order valence-electron chi connectivity index (χ4n) is 1.59. The topological polar surface area (TPSA) is 58.6 Å². The Balaban J connectivity index is 2.11. The van der Waals surface area contributed by atoms with E-state index in [9.17, 15) is 4.79 Å². The molecule has 2 rings (SSSR count). The first-order valence-electron chi connectivity index (χ1n) is 5.98. The van der Waals surface area contributed by atoms with Crippen LogP contribution >= 0.6 is 15.9 Å². The summed E-state index contributed by atoms with van der Waals surface area (Å²) in [5.41, 5.74) is 0.976. The number of aliphatic carboxylic acids is 1. The van der Waals surface area contributed by atoms with Crippen LogP contribution in [0.2, 0.25) is 0 Å². The molecular weight excluding hydrogens is 298 g/mol. The Morgan fingerprint density at radius 1 is 1.61 bits per heavy atom. The highest BCUT2D eigenvalue weighted by atomic mass is 79.9. The van der Waals surface area contributed by atoms with Gasteiger partial charge >= 0.3 is 5.97 Å². The first kappa shape index (κ1) is 13.4. The molecule has 1 saturated carbocycles. The molecule has 18 heavy (non-hydrogen) atoms. The predicted molar refractivity (Wildman–Crippen MR) is 71.7 cm³/mol. The number of ether oxygens (including phenoxy) is 1. The number of para-hydroxylation sites is 1. The first-order valence-corrected chi connectivity index (χ1v) is 6.77. The van der Waals surface area contributed by atoms with Crippen LogP contribution in [0.25, 0.3) is 0 Å². The van der Waals surface area contributed by atoms with Crippen molar-refractivity contribution in [3.8, 4) is 5.75 Å². The van der Waals surface area contributed by atoms with Crippen LogP contribution in [0.4, 0.5) is 0 Å². The van der Waals surface area contributed by atoms with Gasteiger partial charge in [0.2, 0.25) is 0 Å². The van der Waals surface area contributed by atoms with Gasteiger partial charge in [-0.15, -0.1) is 0 Å². The maximum atomic E-state index is 10.8. The van der Waals surface area contributed by atoms with E-state index in [2.05, 4.69) is 21.2 Å². The molecule has 5 heteroatoms. The molecule has 1 unspecified atom stereocenters. The van der Waals surface area contributed by atoms with E-state index in [-0.39, 0.29) is 0 Å². The minimum atomic E-state index is -0.966. The molecule has 1 aromatic carbocycles. The summed E-state index contributed by atoms with van der Waals surface area (Å²) < 4.78 is 6.29. The highest BCUT2D eigenvalue weighted by molar-refractivity contribution is 9.10. The summed E-state index contributed by atoms with van der Waals surface area (Å²) in [5, 5.41) is 12.3. The van der Waals surface area contributed by atoms with Gasteiger partial charge in [0.25, 0.3) is 0 Å². The monoisotopic (exact) mass is 313 g/mol. The van der Waals surface area contributed by atoms with Crippen LogP contribution in [0.1, 0.15) is 25.3 Å². The molecule has 2 N–H and O–H groups in total. The van der Waals surface area contributed by atoms with Crippen LogP contribution in [0.15, 0.2) is 22.7 Å².